The number of hydrogen-bond donors (Lipinski definition) is 1. The number of benzene rings is 2. The highest BCUT2D eigenvalue weighted by Gasteiger charge is 2.34. The lowest BCUT2D eigenvalue weighted by Crippen LogP contribution is -2.32. The Labute approximate surface area is 242 Å². The maximum absolute atomic E-state index is 13.5. The van der Waals surface area contributed by atoms with E-state index in [0.717, 1.165) is 7.14 Å². The van der Waals surface area contributed by atoms with Gasteiger partial charge in [0.25, 0.3) is 0 Å². The molecule has 0 aliphatic heterocycles. The second-order valence-electron chi connectivity index (χ2n) is 7.68. The Morgan fingerprint density at radius 2 is 1.11 bits per heavy atom. The molecule has 0 saturated carbocycles. The lowest BCUT2D eigenvalue weighted by molar-refractivity contribution is -0.222. The number of carbonyl (C=O) groups is 2. The number of rotatable bonds is 12. The predicted octanol–water partition coefficient (Wildman–Crippen LogP) is 4.97. The van der Waals surface area contributed by atoms with Crippen LogP contribution in [-0.4, -0.2) is 47.4 Å². The van der Waals surface area contributed by atoms with Crippen molar-refractivity contribution in [3.05, 3.63) is 66.3 Å². The zero-order valence-corrected chi connectivity index (χ0v) is 25.6. The molecule has 2 N–H and O–H groups in total. The summed E-state index contributed by atoms with van der Waals surface area (Å²) < 4.78 is 54.4. The molecule has 0 fully saturated rings. The van der Waals surface area contributed by atoms with Crippen molar-refractivity contribution < 1.29 is 42.1 Å². The van der Waals surface area contributed by atoms with E-state index in [1.807, 2.05) is 45.2 Å². The number of ether oxygens (including phenoxy) is 5. The van der Waals surface area contributed by atoms with Crippen LogP contribution in [-0.2, 0) is 44.8 Å². The summed E-state index contributed by atoms with van der Waals surface area (Å²) in [5.41, 5.74) is 6.18. The summed E-state index contributed by atoms with van der Waals surface area (Å²) in [6.45, 7) is 0. The first-order valence-electron chi connectivity index (χ1n) is 10.9. The van der Waals surface area contributed by atoms with Gasteiger partial charge in [-0.15, -0.1) is 0 Å². The van der Waals surface area contributed by atoms with Gasteiger partial charge in [0.2, 0.25) is 5.91 Å². The molecule has 2 aromatic rings. The number of methoxy groups -OCH3 is 5. The van der Waals surface area contributed by atoms with Crippen LogP contribution in [0.1, 0.15) is 36.8 Å². The minimum atomic E-state index is -1.16. The number of esters is 1. The van der Waals surface area contributed by atoms with Gasteiger partial charge >= 0.3 is 5.97 Å². The van der Waals surface area contributed by atoms with Crippen LogP contribution in [0.15, 0.2) is 36.4 Å². The Hall–Kier alpha value is -1.46. The molecule has 2 aromatic carbocycles. The van der Waals surface area contributed by atoms with E-state index in [2.05, 4.69) is 4.74 Å². The molecule has 2 rings (SSSR count). The van der Waals surface area contributed by atoms with Gasteiger partial charge in [0, 0.05) is 66.0 Å². The Bertz CT molecular complexity index is 1010. The van der Waals surface area contributed by atoms with Crippen LogP contribution in [0.4, 0.5) is 8.78 Å². The van der Waals surface area contributed by atoms with Crippen molar-refractivity contribution in [2.75, 3.05) is 35.5 Å². The lowest BCUT2D eigenvalue weighted by atomic mass is 10.00. The van der Waals surface area contributed by atoms with Crippen molar-refractivity contribution in [3.8, 4) is 0 Å². The van der Waals surface area contributed by atoms with E-state index in [9.17, 15) is 18.4 Å². The Balaban J connectivity index is 0.000000371. The van der Waals surface area contributed by atoms with Crippen LogP contribution in [0, 0.1) is 18.8 Å². The first-order valence-corrected chi connectivity index (χ1v) is 13.1. The molecule has 0 bridgehead atoms. The van der Waals surface area contributed by atoms with Crippen molar-refractivity contribution in [1.29, 1.82) is 0 Å². The SMILES string of the molecule is COC(=O)CCC(OC)(OC)c1cc(F)cc(I)c1.COC(CCC(N)=O)(OC)c1cc(F)cc(I)c1. The van der Waals surface area contributed by atoms with Crippen molar-refractivity contribution in [2.45, 2.75) is 37.3 Å². The van der Waals surface area contributed by atoms with E-state index >= 15 is 0 Å². The number of amides is 1. The fourth-order valence-electron chi connectivity index (χ4n) is 3.54. The summed E-state index contributed by atoms with van der Waals surface area (Å²) in [5.74, 6) is -3.90. The molecule has 206 valence electrons. The van der Waals surface area contributed by atoms with E-state index < -0.39 is 17.5 Å². The summed E-state index contributed by atoms with van der Waals surface area (Å²) in [6, 6.07) is 8.98. The molecular weight excluding hydrogens is 718 g/mol. The maximum atomic E-state index is 13.5. The molecule has 12 heteroatoms. The summed E-state index contributed by atoms with van der Waals surface area (Å²) in [4.78, 5) is 22.1. The summed E-state index contributed by atoms with van der Waals surface area (Å²) in [6.07, 6.45) is 0.682. The van der Waals surface area contributed by atoms with Gasteiger partial charge in [-0.3, -0.25) is 9.59 Å². The Morgan fingerprint density at radius 3 is 1.41 bits per heavy atom. The fourth-order valence-corrected chi connectivity index (χ4v) is 4.80. The molecule has 0 aromatic heterocycles. The molecule has 0 atom stereocenters. The smallest absolute Gasteiger partial charge is 0.305 e. The average molecular weight is 749 g/mol. The Kier molecular flexibility index (Phi) is 14.4. The number of carbonyl (C=O) groups excluding carboxylic acids is 2. The second kappa shape index (κ2) is 15.8. The van der Waals surface area contributed by atoms with Gasteiger partial charge in [0.1, 0.15) is 11.6 Å². The highest BCUT2D eigenvalue weighted by Crippen LogP contribution is 2.34. The molecule has 0 spiro atoms. The van der Waals surface area contributed by atoms with E-state index in [-0.39, 0.29) is 43.3 Å². The van der Waals surface area contributed by atoms with Crippen LogP contribution < -0.4 is 5.73 Å². The maximum Gasteiger partial charge on any atom is 0.305 e. The largest absolute Gasteiger partial charge is 0.469 e. The predicted molar refractivity (Wildman–Crippen MR) is 149 cm³/mol. The van der Waals surface area contributed by atoms with Crippen LogP contribution >= 0.6 is 45.2 Å². The number of nitrogens with two attached hydrogens (primary N) is 1. The first kappa shape index (κ1) is 33.6. The van der Waals surface area contributed by atoms with Gasteiger partial charge < -0.3 is 29.4 Å². The molecule has 0 heterocycles. The third kappa shape index (κ3) is 9.98. The molecule has 0 aliphatic rings. The average Bonchev–Trinajstić information content (AvgIpc) is 2.85. The molecule has 8 nitrogen and oxygen atoms in total. The molecule has 37 heavy (non-hydrogen) atoms. The Morgan fingerprint density at radius 1 is 0.730 bits per heavy atom. The molecule has 1 amide bonds. The third-order valence-electron chi connectivity index (χ3n) is 5.51. The van der Waals surface area contributed by atoms with Gasteiger partial charge in [-0.25, -0.2) is 8.78 Å². The van der Waals surface area contributed by atoms with Crippen LogP contribution in [0.25, 0.3) is 0 Å². The van der Waals surface area contributed by atoms with Crippen molar-refractivity contribution in [2.24, 2.45) is 5.73 Å². The lowest BCUT2D eigenvalue weighted by Gasteiger charge is -2.31. The number of halogens is 4. The van der Waals surface area contributed by atoms with E-state index in [1.54, 1.807) is 12.1 Å². The molecule has 0 saturated heterocycles. The van der Waals surface area contributed by atoms with Crippen LogP contribution in [0.5, 0.6) is 0 Å². The van der Waals surface area contributed by atoms with Gasteiger partial charge in [0.15, 0.2) is 11.6 Å². The minimum Gasteiger partial charge on any atom is -0.469 e. The summed E-state index contributed by atoms with van der Waals surface area (Å²) >= 11 is 4.01. The highest BCUT2D eigenvalue weighted by molar-refractivity contribution is 14.1. The number of primary amides is 1. The monoisotopic (exact) mass is 749 g/mol. The highest BCUT2D eigenvalue weighted by atomic mass is 127. The zero-order valence-electron chi connectivity index (χ0n) is 21.2. The molecule has 0 radical (unpaired) electrons. The van der Waals surface area contributed by atoms with Crippen molar-refractivity contribution >= 4 is 57.1 Å². The van der Waals surface area contributed by atoms with Crippen molar-refractivity contribution in [1.82, 2.24) is 0 Å². The van der Waals surface area contributed by atoms with E-state index in [0.29, 0.717) is 11.1 Å². The van der Waals surface area contributed by atoms with E-state index in [4.69, 9.17) is 24.7 Å². The molecule has 0 unspecified atom stereocenters. The quantitative estimate of drug-likeness (QED) is 0.186. The first-order chi connectivity index (χ1) is 17.4. The zero-order chi connectivity index (χ0) is 28.2. The number of hydrogen-bond acceptors (Lipinski definition) is 7. The van der Waals surface area contributed by atoms with Gasteiger partial charge in [0.05, 0.1) is 13.5 Å². The standard InChI is InChI=1S/C13H16FIO4.C12H15FINO3/c1-17-12(16)4-5-13(18-2,19-3)9-6-10(14)8-11(15)7-9;1-17-12(18-2,4-3-11(15)16)8-5-9(13)7-10(14)6-8/h6-8H,4-5H2,1-3H3;5-7H,3-4H2,1-2H3,(H2,15,16). The van der Waals surface area contributed by atoms with Gasteiger partial charge in [-0.1, -0.05) is 0 Å². The fraction of sp³-hybridized carbons (Fsp3) is 0.440. The van der Waals surface area contributed by atoms with Gasteiger partial charge in [-0.05, 0) is 81.6 Å². The molecule has 0 aliphatic carbocycles. The summed E-state index contributed by atoms with van der Waals surface area (Å²) in [5, 5.41) is 0. The molecular formula is C25H31F2I2NO7. The van der Waals surface area contributed by atoms with Crippen molar-refractivity contribution in [3.63, 3.8) is 0 Å². The summed E-state index contributed by atoms with van der Waals surface area (Å²) in [7, 11) is 7.12. The van der Waals surface area contributed by atoms with E-state index in [1.165, 1.54) is 59.8 Å². The van der Waals surface area contributed by atoms with Crippen LogP contribution in [0.3, 0.4) is 0 Å². The second-order valence-corrected chi connectivity index (χ2v) is 10.2. The van der Waals surface area contributed by atoms with Crippen LogP contribution in [0.2, 0.25) is 0 Å². The third-order valence-corrected chi connectivity index (χ3v) is 6.76. The minimum absolute atomic E-state index is 0.0920. The topological polar surface area (TPSA) is 106 Å². The normalized spacial score (nSPS) is 11.5. The van der Waals surface area contributed by atoms with Gasteiger partial charge in [-0.2, -0.15) is 0 Å².